The van der Waals surface area contributed by atoms with Gasteiger partial charge in [-0.05, 0) is 36.4 Å². The Balaban J connectivity index is 1.64. The number of pyridine rings is 1. The second-order valence-corrected chi connectivity index (χ2v) is 5.80. The third-order valence-corrected chi connectivity index (χ3v) is 3.93. The SMILES string of the molecule is CCc1nnc2ccc(-c3noc(-c4ccc(NC(C)=O)cc4)n3)cn12. The van der Waals surface area contributed by atoms with Crippen molar-refractivity contribution in [2.75, 3.05) is 5.32 Å². The largest absolute Gasteiger partial charge is 0.334 e. The Hall–Kier alpha value is -3.55. The number of anilines is 1. The van der Waals surface area contributed by atoms with E-state index in [0.29, 0.717) is 17.4 Å². The van der Waals surface area contributed by atoms with Crippen molar-refractivity contribution in [1.29, 1.82) is 0 Å². The van der Waals surface area contributed by atoms with E-state index in [1.807, 2.05) is 41.8 Å². The maximum absolute atomic E-state index is 11.1. The molecular formula is C18H16N6O2. The molecule has 1 N–H and O–H groups in total. The van der Waals surface area contributed by atoms with Crippen molar-refractivity contribution >= 4 is 17.2 Å². The first-order valence-electron chi connectivity index (χ1n) is 8.20. The highest BCUT2D eigenvalue weighted by Gasteiger charge is 2.13. The van der Waals surface area contributed by atoms with E-state index in [1.54, 1.807) is 12.1 Å². The molecule has 26 heavy (non-hydrogen) atoms. The number of carbonyl (C=O) groups excluding carboxylic acids is 1. The first-order valence-corrected chi connectivity index (χ1v) is 8.20. The molecule has 0 unspecified atom stereocenters. The minimum atomic E-state index is -0.117. The number of hydrogen-bond donors (Lipinski definition) is 1. The molecule has 0 aliphatic rings. The van der Waals surface area contributed by atoms with Crippen LogP contribution in [0.1, 0.15) is 19.7 Å². The number of nitrogens with zero attached hydrogens (tertiary/aromatic N) is 5. The topological polar surface area (TPSA) is 98.2 Å². The van der Waals surface area contributed by atoms with Gasteiger partial charge in [-0.1, -0.05) is 12.1 Å². The number of aromatic nitrogens is 5. The highest BCUT2D eigenvalue weighted by atomic mass is 16.5. The number of nitrogens with one attached hydrogen (secondary N) is 1. The van der Waals surface area contributed by atoms with Gasteiger partial charge in [-0.2, -0.15) is 4.98 Å². The predicted octanol–water partition coefficient (Wildman–Crippen LogP) is 2.97. The Morgan fingerprint density at radius 3 is 2.62 bits per heavy atom. The van der Waals surface area contributed by atoms with Gasteiger partial charge in [0.2, 0.25) is 11.7 Å². The summed E-state index contributed by atoms with van der Waals surface area (Å²) in [6.45, 7) is 3.50. The smallest absolute Gasteiger partial charge is 0.258 e. The fourth-order valence-electron chi connectivity index (χ4n) is 2.67. The van der Waals surface area contributed by atoms with E-state index in [4.69, 9.17) is 4.52 Å². The third-order valence-electron chi connectivity index (χ3n) is 3.93. The summed E-state index contributed by atoms with van der Waals surface area (Å²) in [6, 6.07) is 11.0. The molecular weight excluding hydrogens is 332 g/mol. The monoisotopic (exact) mass is 348 g/mol. The van der Waals surface area contributed by atoms with Crippen LogP contribution in [-0.4, -0.2) is 30.6 Å². The van der Waals surface area contributed by atoms with Crippen LogP contribution in [-0.2, 0) is 11.2 Å². The number of hydrogen-bond acceptors (Lipinski definition) is 6. The second-order valence-electron chi connectivity index (χ2n) is 5.80. The summed E-state index contributed by atoms with van der Waals surface area (Å²) in [5.74, 6) is 1.66. The molecule has 0 radical (unpaired) electrons. The lowest BCUT2D eigenvalue weighted by molar-refractivity contribution is -0.114. The quantitative estimate of drug-likeness (QED) is 0.609. The summed E-state index contributed by atoms with van der Waals surface area (Å²) < 4.78 is 7.31. The maximum atomic E-state index is 11.1. The number of aryl methyl sites for hydroxylation is 1. The van der Waals surface area contributed by atoms with Crippen LogP contribution in [0, 0.1) is 0 Å². The van der Waals surface area contributed by atoms with Gasteiger partial charge in [-0.15, -0.1) is 10.2 Å². The number of benzene rings is 1. The Morgan fingerprint density at radius 2 is 1.88 bits per heavy atom. The minimum Gasteiger partial charge on any atom is -0.334 e. The van der Waals surface area contributed by atoms with Crippen molar-refractivity contribution in [3.63, 3.8) is 0 Å². The molecule has 4 rings (SSSR count). The van der Waals surface area contributed by atoms with Crippen molar-refractivity contribution in [3.05, 3.63) is 48.4 Å². The van der Waals surface area contributed by atoms with Crippen LogP contribution in [0.3, 0.4) is 0 Å². The summed E-state index contributed by atoms with van der Waals surface area (Å²) in [4.78, 5) is 15.6. The zero-order valence-corrected chi connectivity index (χ0v) is 14.3. The van der Waals surface area contributed by atoms with Crippen LogP contribution in [0.5, 0.6) is 0 Å². The van der Waals surface area contributed by atoms with E-state index in [0.717, 1.165) is 29.0 Å². The maximum Gasteiger partial charge on any atom is 0.258 e. The molecule has 0 fully saturated rings. The molecule has 0 aliphatic heterocycles. The lowest BCUT2D eigenvalue weighted by atomic mass is 10.2. The summed E-state index contributed by atoms with van der Waals surface area (Å²) in [6.07, 6.45) is 2.69. The van der Waals surface area contributed by atoms with Gasteiger partial charge in [0, 0.05) is 36.4 Å². The summed E-state index contributed by atoms with van der Waals surface area (Å²) in [5, 5.41) is 15.1. The highest BCUT2D eigenvalue weighted by molar-refractivity contribution is 5.88. The van der Waals surface area contributed by atoms with Crippen molar-refractivity contribution in [2.24, 2.45) is 0 Å². The Kier molecular flexibility index (Phi) is 3.92. The third kappa shape index (κ3) is 2.92. The van der Waals surface area contributed by atoms with Crippen molar-refractivity contribution < 1.29 is 9.32 Å². The molecule has 3 heterocycles. The molecule has 4 aromatic rings. The van der Waals surface area contributed by atoms with Crippen molar-refractivity contribution in [3.8, 4) is 22.8 Å². The summed E-state index contributed by atoms with van der Waals surface area (Å²) in [7, 11) is 0. The molecule has 0 atom stereocenters. The number of fused-ring (bicyclic) bond motifs is 1. The average Bonchev–Trinajstić information content (AvgIpc) is 3.28. The molecule has 130 valence electrons. The first-order chi connectivity index (χ1) is 12.6. The zero-order chi connectivity index (χ0) is 18.1. The van der Waals surface area contributed by atoms with E-state index >= 15 is 0 Å². The van der Waals surface area contributed by atoms with E-state index in [2.05, 4.69) is 25.7 Å². The Bertz CT molecular complexity index is 1080. The molecule has 0 bridgehead atoms. The standard InChI is InChI=1S/C18H16N6O2/c1-3-15-21-22-16-9-6-13(10-24(15)16)17-20-18(26-23-17)12-4-7-14(8-5-12)19-11(2)25/h4-10H,3H2,1-2H3,(H,19,25). The van der Waals surface area contributed by atoms with Crippen molar-refractivity contribution in [1.82, 2.24) is 24.7 Å². The van der Waals surface area contributed by atoms with Gasteiger partial charge in [0.25, 0.3) is 5.89 Å². The summed E-state index contributed by atoms with van der Waals surface area (Å²) in [5.41, 5.74) is 3.09. The van der Waals surface area contributed by atoms with Crippen LogP contribution in [0.2, 0.25) is 0 Å². The van der Waals surface area contributed by atoms with Gasteiger partial charge in [-0.3, -0.25) is 9.20 Å². The van der Waals surface area contributed by atoms with Gasteiger partial charge in [-0.25, -0.2) is 0 Å². The second kappa shape index (κ2) is 6.40. The molecule has 8 nitrogen and oxygen atoms in total. The van der Waals surface area contributed by atoms with E-state index in [1.165, 1.54) is 6.92 Å². The van der Waals surface area contributed by atoms with Crippen LogP contribution < -0.4 is 5.32 Å². The van der Waals surface area contributed by atoms with Crippen LogP contribution in [0.25, 0.3) is 28.5 Å². The highest BCUT2D eigenvalue weighted by Crippen LogP contribution is 2.24. The van der Waals surface area contributed by atoms with Gasteiger partial charge in [0.15, 0.2) is 5.65 Å². The van der Waals surface area contributed by atoms with Crippen LogP contribution in [0.15, 0.2) is 47.1 Å². The summed E-state index contributed by atoms with van der Waals surface area (Å²) >= 11 is 0. The number of carbonyl (C=O) groups is 1. The molecule has 3 aromatic heterocycles. The minimum absolute atomic E-state index is 0.117. The van der Waals surface area contributed by atoms with E-state index in [-0.39, 0.29) is 5.91 Å². The molecule has 1 aromatic carbocycles. The van der Waals surface area contributed by atoms with Gasteiger partial charge in [0.05, 0.1) is 0 Å². The normalized spacial score (nSPS) is 11.0. The van der Waals surface area contributed by atoms with E-state index < -0.39 is 0 Å². The molecule has 0 saturated carbocycles. The number of rotatable bonds is 4. The molecule has 1 amide bonds. The Morgan fingerprint density at radius 1 is 1.12 bits per heavy atom. The predicted molar refractivity (Wildman–Crippen MR) is 95.4 cm³/mol. The van der Waals surface area contributed by atoms with Gasteiger partial charge < -0.3 is 9.84 Å². The van der Waals surface area contributed by atoms with Crippen molar-refractivity contribution in [2.45, 2.75) is 20.3 Å². The molecule has 0 aliphatic carbocycles. The Labute approximate surface area is 148 Å². The average molecular weight is 348 g/mol. The van der Waals surface area contributed by atoms with Gasteiger partial charge in [0.1, 0.15) is 5.82 Å². The molecule has 8 heteroatoms. The molecule has 0 saturated heterocycles. The lowest BCUT2D eigenvalue weighted by Gasteiger charge is -2.01. The zero-order valence-electron chi connectivity index (χ0n) is 14.3. The van der Waals surface area contributed by atoms with E-state index in [9.17, 15) is 4.79 Å². The van der Waals surface area contributed by atoms with Crippen LogP contribution in [0.4, 0.5) is 5.69 Å². The van der Waals surface area contributed by atoms with Crippen LogP contribution >= 0.6 is 0 Å². The molecule has 0 spiro atoms. The first kappa shape index (κ1) is 15.9. The fraction of sp³-hybridized carbons (Fsp3) is 0.167. The lowest BCUT2D eigenvalue weighted by Crippen LogP contribution is -2.05. The fourth-order valence-corrected chi connectivity index (χ4v) is 2.67. The van der Waals surface area contributed by atoms with Gasteiger partial charge >= 0.3 is 0 Å². The number of amides is 1.